The molecule has 0 unspecified atom stereocenters. The molecule has 0 bridgehead atoms. The summed E-state index contributed by atoms with van der Waals surface area (Å²) in [7, 11) is 3.82. The Morgan fingerprint density at radius 1 is 0.966 bits per heavy atom. The van der Waals surface area contributed by atoms with Gasteiger partial charge >= 0.3 is 0 Å². The van der Waals surface area contributed by atoms with E-state index in [2.05, 4.69) is 31.8 Å². The number of aromatic nitrogens is 4. The minimum absolute atomic E-state index is 0.0272. The van der Waals surface area contributed by atoms with Crippen molar-refractivity contribution in [1.82, 2.24) is 29.3 Å². The molecule has 4 heterocycles. The standard InChI is InChI=1S/C20H27N7O2/c1-14-22-16-5-7-26(6-4-15(16)19(28)25(14)3)18-13-21-12-17(23-18)20(29)27-10-8-24(2)9-11-27/h12-13H,4-11H2,1-3H3. The number of hydrogen-bond donors (Lipinski definition) is 0. The molecule has 154 valence electrons. The van der Waals surface area contributed by atoms with E-state index >= 15 is 0 Å². The molecular formula is C20H27N7O2. The first-order valence-corrected chi connectivity index (χ1v) is 10.0. The molecule has 1 fully saturated rings. The first-order chi connectivity index (χ1) is 13.9. The summed E-state index contributed by atoms with van der Waals surface area (Å²) in [6.07, 6.45) is 4.50. The van der Waals surface area contributed by atoms with Crippen molar-refractivity contribution < 1.29 is 4.79 Å². The minimum Gasteiger partial charge on any atom is -0.355 e. The van der Waals surface area contributed by atoms with Crippen molar-refractivity contribution in [3.63, 3.8) is 0 Å². The highest BCUT2D eigenvalue weighted by Crippen LogP contribution is 2.17. The quantitative estimate of drug-likeness (QED) is 0.698. The van der Waals surface area contributed by atoms with Crippen molar-refractivity contribution >= 4 is 11.7 Å². The summed E-state index contributed by atoms with van der Waals surface area (Å²) in [6, 6.07) is 0. The van der Waals surface area contributed by atoms with Gasteiger partial charge in [-0.25, -0.2) is 9.97 Å². The lowest BCUT2D eigenvalue weighted by Gasteiger charge is -2.32. The SMILES string of the molecule is Cc1nc2c(c(=O)n1C)CCN(c1cncc(C(=O)N3CCN(C)CC3)n1)CC2. The number of carbonyl (C=O) groups excluding carboxylic acids is 1. The highest BCUT2D eigenvalue weighted by molar-refractivity contribution is 5.92. The largest absolute Gasteiger partial charge is 0.355 e. The van der Waals surface area contributed by atoms with E-state index in [1.807, 2.05) is 11.8 Å². The van der Waals surface area contributed by atoms with Crippen molar-refractivity contribution in [3.05, 3.63) is 45.5 Å². The smallest absolute Gasteiger partial charge is 0.274 e. The van der Waals surface area contributed by atoms with Crippen molar-refractivity contribution in [2.75, 3.05) is 51.2 Å². The average Bonchev–Trinajstić information content (AvgIpc) is 2.95. The van der Waals surface area contributed by atoms with E-state index in [0.717, 1.165) is 30.2 Å². The molecule has 2 aliphatic heterocycles. The molecule has 1 amide bonds. The second kappa shape index (κ2) is 7.90. The fraction of sp³-hybridized carbons (Fsp3) is 0.550. The number of anilines is 1. The predicted octanol–water partition coefficient (Wildman–Crippen LogP) is -0.128. The van der Waals surface area contributed by atoms with Crippen LogP contribution in [0.1, 0.15) is 27.6 Å². The van der Waals surface area contributed by atoms with E-state index in [-0.39, 0.29) is 11.5 Å². The first kappa shape index (κ1) is 19.5. The van der Waals surface area contributed by atoms with Crippen LogP contribution >= 0.6 is 0 Å². The number of nitrogens with zero attached hydrogens (tertiary/aromatic N) is 7. The highest BCUT2D eigenvalue weighted by atomic mass is 16.2. The van der Waals surface area contributed by atoms with Gasteiger partial charge in [-0.2, -0.15) is 0 Å². The zero-order valence-corrected chi connectivity index (χ0v) is 17.3. The Bertz CT molecular complexity index is 979. The van der Waals surface area contributed by atoms with Crippen LogP contribution in [0.3, 0.4) is 0 Å². The van der Waals surface area contributed by atoms with Gasteiger partial charge in [0.25, 0.3) is 11.5 Å². The van der Waals surface area contributed by atoms with Crippen LogP contribution in [0.5, 0.6) is 0 Å². The molecule has 0 spiro atoms. The normalized spacial score (nSPS) is 17.8. The van der Waals surface area contributed by atoms with Gasteiger partial charge in [0, 0.05) is 58.3 Å². The maximum atomic E-state index is 12.8. The fourth-order valence-corrected chi connectivity index (χ4v) is 3.88. The maximum Gasteiger partial charge on any atom is 0.274 e. The number of likely N-dealkylation sites (N-methyl/N-ethyl adjacent to an activating group) is 1. The summed E-state index contributed by atoms with van der Waals surface area (Å²) in [5, 5.41) is 0. The number of aryl methyl sites for hydroxylation is 1. The van der Waals surface area contributed by atoms with Gasteiger partial charge in [0.15, 0.2) is 0 Å². The minimum atomic E-state index is -0.0725. The van der Waals surface area contributed by atoms with E-state index in [9.17, 15) is 9.59 Å². The molecule has 0 aromatic carbocycles. The molecule has 0 aliphatic carbocycles. The lowest BCUT2D eigenvalue weighted by atomic mass is 10.1. The van der Waals surface area contributed by atoms with E-state index in [1.165, 1.54) is 6.20 Å². The molecule has 9 heteroatoms. The number of fused-ring (bicyclic) bond motifs is 1. The third-order valence-electron chi connectivity index (χ3n) is 5.90. The summed E-state index contributed by atoms with van der Waals surface area (Å²) in [6.45, 7) is 6.32. The topological polar surface area (TPSA) is 87.5 Å². The zero-order valence-electron chi connectivity index (χ0n) is 17.3. The third kappa shape index (κ3) is 3.87. The summed E-state index contributed by atoms with van der Waals surface area (Å²) >= 11 is 0. The molecule has 0 N–H and O–H groups in total. The van der Waals surface area contributed by atoms with E-state index in [0.29, 0.717) is 50.5 Å². The molecule has 29 heavy (non-hydrogen) atoms. The number of hydrogen-bond acceptors (Lipinski definition) is 7. The van der Waals surface area contributed by atoms with Gasteiger partial charge in [-0.05, 0) is 20.4 Å². The second-order valence-electron chi connectivity index (χ2n) is 7.79. The van der Waals surface area contributed by atoms with Crippen LogP contribution in [0, 0.1) is 6.92 Å². The second-order valence-corrected chi connectivity index (χ2v) is 7.79. The summed E-state index contributed by atoms with van der Waals surface area (Å²) in [5.74, 6) is 1.32. The summed E-state index contributed by atoms with van der Waals surface area (Å²) in [4.78, 5) is 45.1. The van der Waals surface area contributed by atoms with E-state index in [1.54, 1.807) is 17.8 Å². The number of piperazine rings is 1. The van der Waals surface area contributed by atoms with Gasteiger partial charge in [0.2, 0.25) is 0 Å². The lowest BCUT2D eigenvalue weighted by Crippen LogP contribution is -2.47. The fourth-order valence-electron chi connectivity index (χ4n) is 3.88. The molecule has 2 aromatic rings. The van der Waals surface area contributed by atoms with Gasteiger partial charge in [0.05, 0.1) is 18.1 Å². The van der Waals surface area contributed by atoms with Gasteiger partial charge in [-0.15, -0.1) is 0 Å². The zero-order chi connectivity index (χ0) is 20.5. The van der Waals surface area contributed by atoms with E-state index < -0.39 is 0 Å². The van der Waals surface area contributed by atoms with E-state index in [4.69, 9.17) is 0 Å². The molecule has 2 aliphatic rings. The molecular weight excluding hydrogens is 370 g/mol. The Balaban J connectivity index is 1.52. The van der Waals surface area contributed by atoms with Gasteiger partial charge in [-0.3, -0.25) is 19.1 Å². The Morgan fingerprint density at radius 3 is 2.45 bits per heavy atom. The van der Waals surface area contributed by atoms with Crippen LogP contribution in [0.4, 0.5) is 5.82 Å². The van der Waals surface area contributed by atoms with Gasteiger partial charge in [-0.1, -0.05) is 0 Å². The van der Waals surface area contributed by atoms with Crippen molar-refractivity contribution in [2.24, 2.45) is 7.05 Å². The Morgan fingerprint density at radius 2 is 1.69 bits per heavy atom. The number of amides is 1. The summed E-state index contributed by atoms with van der Waals surface area (Å²) in [5.41, 5.74) is 2.04. The van der Waals surface area contributed by atoms with Crippen LogP contribution in [0.2, 0.25) is 0 Å². The van der Waals surface area contributed by atoms with Crippen molar-refractivity contribution in [3.8, 4) is 0 Å². The van der Waals surface area contributed by atoms with Crippen LogP contribution in [0.15, 0.2) is 17.2 Å². The van der Waals surface area contributed by atoms with Gasteiger partial charge in [0.1, 0.15) is 17.3 Å². The third-order valence-corrected chi connectivity index (χ3v) is 5.90. The lowest BCUT2D eigenvalue weighted by molar-refractivity contribution is 0.0658. The predicted molar refractivity (Wildman–Crippen MR) is 109 cm³/mol. The van der Waals surface area contributed by atoms with Crippen LogP contribution in [-0.2, 0) is 19.9 Å². The molecule has 9 nitrogen and oxygen atoms in total. The Hall–Kier alpha value is -2.81. The molecule has 0 saturated carbocycles. The molecule has 4 rings (SSSR count). The molecule has 2 aromatic heterocycles. The monoisotopic (exact) mass is 397 g/mol. The number of carbonyl (C=O) groups is 1. The Kier molecular flexibility index (Phi) is 5.31. The Labute approximate surface area is 170 Å². The summed E-state index contributed by atoms with van der Waals surface area (Å²) < 4.78 is 1.60. The molecule has 0 atom stereocenters. The highest BCUT2D eigenvalue weighted by Gasteiger charge is 2.24. The first-order valence-electron chi connectivity index (χ1n) is 10.0. The number of rotatable bonds is 2. The molecule has 1 saturated heterocycles. The molecule has 0 radical (unpaired) electrons. The average molecular weight is 397 g/mol. The van der Waals surface area contributed by atoms with Crippen LogP contribution in [-0.4, -0.2) is 81.5 Å². The van der Waals surface area contributed by atoms with Crippen molar-refractivity contribution in [2.45, 2.75) is 19.8 Å². The van der Waals surface area contributed by atoms with Crippen LogP contribution in [0.25, 0.3) is 0 Å². The van der Waals surface area contributed by atoms with Gasteiger partial charge < -0.3 is 14.7 Å². The maximum absolute atomic E-state index is 12.8. The van der Waals surface area contributed by atoms with Crippen molar-refractivity contribution in [1.29, 1.82) is 0 Å². The van der Waals surface area contributed by atoms with Crippen LogP contribution < -0.4 is 10.5 Å².